The lowest BCUT2D eigenvalue weighted by atomic mass is 10.0. The summed E-state index contributed by atoms with van der Waals surface area (Å²) in [5.74, 6) is 11.2. The van der Waals surface area contributed by atoms with Crippen molar-refractivity contribution in [3.63, 3.8) is 0 Å². The number of H-pyrrole nitrogens is 4. The first-order chi connectivity index (χ1) is 71.0. The highest BCUT2D eigenvalue weighted by Crippen LogP contribution is 2.47. The highest BCUT2D eigenvalue weighted by Gasteiger charge is 2.29. The van der Waals surface area contributed by atoms with Gasteiger partial charge in [0.05, 0.1) is 34.5 Å². The Labute approximate surface area is 862 Å². The normalized spacial score (nSPS) is 12.2. The molecule has 0 aliphatic carbocycles. The molecule has 18 aromatic rings. The number of benzene rings is 10. The molecule has 0 fully saturated rings. The molecule has 22 rings (SSSR count). The van der Waals surface area contributed by atoms with Gasteiger partial charge in [-0.1, -0.05) is 194 Å². The number of nitrogens with one attached hydrogen (secondary N) is 4. The van der Waals surface area contributed by atoms with Crippen LogP contribution in [0, 0.1) is 0 Å². The van der Waals surface area contributed by atoms with E-state index in [2.05, 4.69) is 219 Å². The molecule has 0 saturated heterocycles. The van der Waals surface area contributed by atoms with Gasteiger partial charge in [-0.05, 0) is 230 Å². The Balaban J connectivity index is 0.616. The average molecular weight is 2010 g/mol. The van der Waals surface area contributed by atoms with E-state index >= 15 is 0 Å². The summed E-state index contributed by atoms with van der Waals surface area (Å²) < 4.78 is 0. The predicted molar refractivity (Wildman–Crippen MR) is 603 cm³/mol. The molecule has 12 heterocycles. The van der Waals surface area contributed by atoms with Crippen molar-refractivity contribution in [3.05, 3.63) is 194 Å². The first-order valence-electron chi connectivity index (χ1n) is 51.5. The van der Waals surface area contributed by atoms with Crippen LogP contribution in [0.2, 0.25) is 0 Å². The molecular formula is C116H114N22S6. The fourth-order valence-corrected chi connectivity index (χ4v) is 25.1. The van der Waals surface area contributed by atoms with Crippen LogP contribution in [0.25, 0.3) is 224 Å². The number of aromatic amines is 4. The van der Waals surface area contributed by atoms with Gasteiger partial charge in [-0.15, -0.1) is 80.8 Å². The molecule has 28 heteroatoms. The molecule has 0 unspecified atom stereocenters. The van der Waals surface area contributed by atoms with E-state index in [1.165, 1.54) is 125 Å². The summed E-state index contributed by atoms with van der Waals surface area (Å²) in [6.07, 6.45) is 32.0. The number of fused-ring (bicyclic) bond motifs is 42. The Morgan fingerprint density at radius 1 is 0.208 bits per heavy atom. The van der Waals surface area contributed by atoms with Crippen LogP contribution in [0.3, 0.4) is 0 Å². The van der Waals surface area contributed by atoms with Crippen molar-refractivity contribution in [2.24, 2.45) is 10.2 Å². The van der Waals surface area contributed by atoms with Crippen LogP contribution >= 0.6 is 70.6 Å². The van der Waals surface area contributed by atoms with Gasteiger partial charge < -0.3 is 19.9 Å². The fraction of sp³-hybridized carbons (Fsp3) is 0.310. The third-order valence-corrected chi connectivity index (χ3v) is 33.6. The van der Waals surface area contributed by atoms with Gasteiger partial charge in [0, 0.05) is 128 Å². The quantitative estimate of drug-likeness (QED) is 0.0158. The highest BCUT2D eigenvalue weighted by atomic mass is 32.2. The number of aromatic nitrogens is 20. The highest BCUT2D eigenvalue weighted by molar-refractivity contribution is 8.00. The standard InChI is InChI=1S/C116H114N22S6/c1-7-13-19-25-53-139-71-39-47-81-89(61-71)113-127-103(81)123-109-87-59-69(37-45-79(87)101(121-109)125-111-91-63-73(141-55-27-21-15-9-3)41-49-83(91)105(129-111)133-115-93-65-75(143-57-29-23-17-11-5)43-51-85(93)107(131-113)135-115)77-33-31-35-95-99(77)117-67-97(119-95)137-138-98-68-118-100-78(34-32-36-96(100)120-98)70-38-46-80-88(60-70)110-122-102(80)126-112-92-64-74(142-56-28-22-16-10-4)42-50-84(92)106(130-112)134-116-94-66-76(144-58-30-24-18-12-6)44-52-86(94)108(136-116)132-114-90-62-72(140-54-26-20-14-8-2)40-48-82(90)104(124-110)128-114/h31-52,59-68H,7-30,53-58H2,1-6H3,(H2,121,123,125,127,129,131,133,135)(H2,122,124,126,128,130,132,134,136). The maximum absolute atomic E-state index is 5.56. The van der Waals surface area contributed by atoms with Gasteiger partial charge in [-0.2, -0.15) is 0 Å². The minimum absolute atomic E-state index is 0.304. The number of unbranched alkanes of at least 4 members (excludes halogenated alkanes) is 18. The second-order valence-electron chi connectivity index (χ2n) is 37.4. The van der Waals surface area contributed by atoms with Gasteiger partial charge >= 0.3 is 0 Å². The summed E-state index contributed by atoms with van der Waals surface area (Å²) in [5.41, 5.74) is 18.4. The van der Waals surface area contributed by atoms with Crippen LogP contribution in [-0.2, 0) is 0 Å². The van der Waals surface area contributed by atoms with Crippen molar-refractivity contribution in [1.82, 2.24) is 99.7 Å². The van der Waals surface area contributed by atoms with Crippen molar-refractivity contribution < 1.29 is 0 Å². The third kappa shape index (κ3) is 20.7. The van der Waals surface area contributed by atoms with Crippen molar-refractivity contribution >= 4 is 193 Å². The molecule has 4 aliphatic rings. The Morgan fingerprint density at radius 2 is 0.451 bits per heavy atom. The molecule has 0 spiro atoms. The number of rotatable bonds is 40. The van der Waals surface area contributed by atoms with Crippen LogP contribution in [-0.4, -0.2) is 134 Å². The molecule has 16 bridgehead atoms. The van der Waals surface area contributed by atoms with E-state index in [0.717, 1.165) is 202 Å². The van der Waals surface area contributed by atoms with Gasteiger partial charge in [0.1, 0.15) is 45.2 Å². The summed E-state index contributed by atoms with van der Waals surface area (Å²) in [6, 6.07) is 64.6. The van der Waals surface area contributed by atoms with Gasteiger partial charge in [0.2, 0.25) is 0 Å². The van der Waals surface area contributed by atoms with E-state index in [1.807, 2.05) is 94.8 Å². The molecule has 0 atom stereocenters. The molecule has 724 valence electrons. The summed E-state index contributed by atoms with van der Waals surface area (Å²) in [6.45, 7) is 13.6. The lowest BCUT2D eigenvalue weighted by Crippen LogP contribution is -1.89. The third-order valence-electron chi connectivity index (χ3n) is 27.1. The van der Waals surface area contributed by atoms with Crippen LogP contribution < -0.4 is 0 Å². The second-order valence-corrected chi connectivity index (χ2v) is 44.5. The van der Waals surface area contributed by atoms with Crippen molar-refractivity contribution in [2.45, 2.75) is 225 Å². The molecule has 8 aromatic heterocycles. The van der Waals surface area contributed by atoms with Crippen molar-refractivity contribution in [1.29, 1.82) is 0 Å². The number of hydrogen-bond donors (Lipinski definition) is 4. The largest absolute Gasteiger partial charge is 0.324 e. The Morgan fingerprint density at radius 3 is 0.729 bits per heavy atom. The van der Waals surface area contributed by atoms with Crippen molar-refractivity contribution in [3.8, 4) is 113 Å². The number of nitrogens with zero attached hydrogens (tertiary/aromatic N) is 18. The topological polar surface area (TPSA) is 294 Å². The number of para-hydroxylation sites is 2. The van der Waals surface area contributed by atoms with Crippen LogP contribution in [0.15, 0.2) is 234 Å². The van der Waals surface area contributed by atoms with Crippen LogP contribution in [0.5, 0.6) is 0 Å². The Bertz CT molecular complexity index is 7810. The zero-order valence-corrected chi connectivity index (χ0v) is 87.1. The maximum Gasteiger partial charge on any atom is 0.193 e. The predicted octanol–water partition coefficient (Wildman–Crippen LogP) is 33.7. The molecule has 0 saturated carbocycles. The molecule has 0 radical (unpaired) electrons. The van der Waals surface area contributed by atoms with Gasteiger partial charge in [-0.3, -0.25) is 0 Å². The van der Waals surface area contributed by atoms with Gasteiger partial charge in [-0.25, -0.2) is 79.7 Å². The van der Waals surface area contributed by atoms with Gasteiger partial charge in [0.25, 0.3) is 0 Å². The smallest absolute Gasteiger partial charge is 0.193 e. The monoisotopic (exact) mass is 2010 g/mol. The zero-order chi connectivity index (χ0) is 97.4. The van der Waals surface area contributed by atoms with E-state index in [4.69, 9.17) is 90.0 Å². The molecule has 4 N–H and O–H groups in total. The molecule has 0 amide bonds. The first-order valence-corrected chi connectivity index (χ1v) is 57.5. The molecule has 22 nitrogen and oxygen atoms in total. The van der Waals surface area contributed by atoms with Crippen LogP contribution in [0.1, 0.15) is 196 Å². The number of hydrogen-bond acceptors (Lipinski definition) is 24. The lowest BCUT2D eigenvalue weighted by Gasteiger charge is -2.07. The van der Waals surface area contributed by atoms with E-state index in [1.54, 1.807) is 12.4 Å². The summed E-state index contributed by atoms with van der Waals surface area (Å²) >= 11 is 11.3. The Hall–Kier alpha value is -12.7. The number of thioether (sulfide) groups is 6. The summed E-state index contributed by atoms with van der Waals surface area (Å²) in [7, 11) is 0. The number of azo groups is 1. The average Bonchev–Trinajstić information content (AvgIpc) is 1.59. The SMILES string of the molecule is CCCCCCSc1ccc2c(c1)-c1nc-2nc2[nH]c(nc3nc(nc4[nH]c(n1)c1ccc(SCCCCCC)cc41)-c1ccc(SCCCCCC)cc1-3)c1ccc(-c3cccc4nc(N=Nc5cnc6c(-c7ccc8c9nc%10nc(nc%11[nH]c(nc%12nc(nc([nH]9)c8c7)-c7ccc(SCCCCCC)cc7-%12)c7ccc(SCCCCCC)cc%117)-c7ccc(SCCCCCC)cc7-%10)cccc6n5)cnc34)cc21. The summed E-state index contributed by atoms with van der Waals surface area (Å²) in [5, 5.41) is 16.6. The van der Waals surface area contributed by atoms with E-state index < -0.39 is 0 Å². The minimum Gasteiger partial charge on any atom is -0.324 e. The molecule has 4 aliphatic heterocycles. The first kappa shape index (κ1) is 96.1. The van der Waals surface area contributed by atoms with E-state index in [-0.39, 0.29) is 0 Å². The Kier molecular flexibility index (Phi) is 29.7. The lowest BCUT2D eigenvalue weighted by molar-refractivity contribution is 0.706. The minimum atomic E-state index is 0.304. The zero-order valence-electron chi connectivity index (χ0n) is 82.2. The van der Waals surface area contributed by atoms with Crippen molar-refractivity contribution in [2.75, 3.05) is 34.5 Å². The maximum atomic E-state index is 5.56. The fourth-order valence-electron chi connectivity index (χ4n) is 19.4. The molecular weight excluding hydrogens is 1890 g/mol. The van der Waals surface area contributed by atoms with Crippen LogP contribution in [0.4, 0.5) is 11.6 Å². The molecule has 10 aromatic carbocycles. The molecule has 144 heavy (non-hydrogen) atoms. The second kappa shape index (κ2) is 44.5. The van der Waals surface area contributed by atoms with Gasteiger partial charge in [0.15, 0.2) is 58.2 Å². The van der Waals surface area contributed by atoms with E-state index in [0.29, 0.717) is 125 Å². The van der Waals surface area contributed by atoms with E-state index in [9.17, 15) is 0 Å². The summed E-state index contributed by atoms with van der Waals surface area (Å²) in [4.78, 5) is 108.